The maximum absolute atomic E-state index is 14.0. The number of methoxy groups -OCH3 is 4. The first-order chi connectivity index (χ1) is 24.1. The minimum Gasteiger partial charge on any atom is -0.497 e. The van der Waals surface area contributed by atoms with Crippen LogP contribution < -0.4 is 29.6 Å². The molecule has 2 N–H and O–H groups in total. The van der Waals surface area contributed by atoms with E-state index in [1.165, 1.54) is 54.4 Å². The summed E-state index contributed by atoms with van der Waals surface area (Å²) >= 11 is 0. The standard InChI is InChI=1S/C38H40N2O10/c1-23(41)39-31(25-13-9-7-10-14-25)21-49-37(43)29-17-27(45-3)19-33(47-5)35(29)36-30(18-28(46-4)20-34(36)48-6)38(44)50-22-32(40-24(2)42)26-15-11-8-12-16-26/h7-20,31-32H,21-22H2,1-6H3,(H,39,41)(H,40,42)/t31-,32-/m0/s1. The lowest BCUT2D eigenvalue weighted by Gasteiger charge is -2.22. The third-order valence-electron chi connectivity index (χ3n) is 7.67. The lowest BCUT2D eigenvalue weighted by Crippen LogP contribution is -2.30. The molecule has 0 radical (unpaired) electrons. The van der Waals surface area contributed by atoms with E-state index < -0.39 is 24.0 Å². The number of amides is 2. The molecule has 50 heavy (non-hydrogen) atoms. The molecule has 0 heterocycles. The molecule has 4 aromatic rings. The molecule has 0 aliphatic rings. The van der Waals surface area contributed by atoms with Crippen LogP contribution in [-0.4, -0.2) is 65.4 Å². The average molecular weight is 685 g/mol. The molecule has 0 aliphatic heterocycles. The molecule has 0 saturated heterocycles. The molecule has 4 rings (SSSR count). The second-order valence-electron chi connectivity index (χ2n) is 11.0. The summed E-state index contributed by atoms with van der Waals surface area (Å²) in [5.41, 5.74) is 1.73. The summed E-state index contributed by atoms with van der Waals surface area (Å²) in [6, 6.07) is 22.9. The highest BCUT2D eigenvalue weighted by atomic mass is 16.5. The minimum atomic E-state index is -0.796. The maximum Gasteiger partial charge on any atom is 0.339 e. The number of benzene rings is 4. The highest BCUT2D eigenvalue weighted by Crippen LogP contribution is 2.45. The topological polar surface area (TPSA) is 148 Å². The average Bonchev–Trinajstić information content (AvgIpc) is 3.13. The predicted molar refractivity (Wildman–Crippen MR) is 185 cm³/mol. The number of rotatable bonds is 15. The number of hydrogen-bond donors (Lipinski definition) is 2. The number of carbonyl (C=O) groups is 4. The molecule has 262 valence electrons. The minimum absolute atomic E-state index is 0.0197. The highest BCUT2D eigenvalue weighted by molar-refractivity contribution is 6.07. The Bertz CT molecular complexity index is 1680. The highest BCUT2D eigenvalue weighted by Gasteiger charge is 2.30. The van der Waals surface area contributed by atoms with E-state index in [2.05, 4.69) is 10.6 Å². The maximum atomic E-state index is 14.0. The van der Waals surface area contributed by atoms with Crippen molar-refractivity contribution in [1.82, 2.24) is 10.6 Å². The first kappa shape index (κ1) is 36.8. The fourth-order valence-electron chi connectivity index (χ4n) is 5.35. The lowest BCUT2D eigenvalue weighted by molar-refractivity contribution is -0.120. The third kappa shape index (κ3) is 9.10. The van der Waals surface area contributed by atoms with Crippen LogP contribution in [0.3, 0.4) is 0 Å². The Labute approximate surface area is 290 Å². The number of esters is 2. The van der Waals surface area contributed by atoms with E-state index in [9.17, 15) is 19.2 Å². The molecule has 2 amide bonds. The SMILES string of the molecule is COc1cc(OC)c(-c2c(OC)cc(OC)cc2C(=O)OC[C@H](NC(C)=O)c2ccccc2)c(C(=O)OC[C@H](NC(C)=O)c2ccccc2)c1. The molecular weight excluding hydrogens is 644 g/mol. The van der Waals surface area contributed by atoms with Gasteiger partial charge in [-0.05, 0) is 23.3 Å². The quantitative estimate of drug-likeness (QED) is 0.155. The van der Waals surface area contributed by atoms with Crippen molar-refractivity contribution in [1.29, 1.82) is 0 Å². The van der Waals surface area contributed by atoms with E-state index in [0.717, 1.165) is 11.1 Å². The largest absolute Gasteiger partial charge is 0.497 e. The van der Waals surface area contributed by atoms with Gasteiger partial charge in [0.1, 0.15) is 36.2 Å². The molecule has 4 aromatic carbocycles. The zero-order valence-corrected chi connectivity index (χ0v) is 28.7. The van der Waals surface area contributed by atoms with Crippen molar-refractivity contribution in [3.63, 3.8) is 0 Å². The number of carbonyl (C=O) groups excluding carboxylic acids is 4. The summed E-state index contributed by atoms with van der Waals surface area (Å²) in [7, 11) is 5.67. The monoisotopic (exact) mass is 684 g/mol. The van der Waals surface area contributed by atoms with E-state index in [0.29, 0.717) is 0 Å². The predicted octanol–water partition coefficient (Wildman–Crippen LogP) is 5.46. The van der Waals surface area contributed by atoms with Gasteiger partial charge >= 0.3 is 11.9 Å². The number of nitrogens with one attached hydrogen (secondary N) is 2. The van der Waals surface area contributed by atoms with Crippen molar-refractivity contribution in [2.45, 2.75) is 25.9 Å². The zero-order valence-electron chi connectivity index (χ0n) is 28.7. The van der Waals surface area contributed by atoms with Gasteiger partial charge in [-0.3, -0.25) is 9.59 Å². The van der Waals surface area contributed by atoms with Crippen molar-refractivity contribution in [3.8, 4) is 34.1 Å². The smallest absolute Gasteiger partial charge is 0.339 e. The Morgan fingerprint density at radius 2 is 0.900 bits per heavy atom. The molecule has 12 heteroatoms. The molecule has 0 unspecified atom stereocenters. The van der Waals surface area contributed by atoms with Crippen molar-refractivity contribution >= 4 is 23.8 Å². The van der Waals surface area contributed by atoms with E-state index >= 15 is 0 Å². The summed E-state index contributed by atoms with van der Waals surface area (Å²) in [6.07, 6.45) is 0. The molecule has 0 bridgehead atoms. The van der Waals surface area contributed by atoms with Gasteiger partial charge in [0.25, 0.3) is 0 Å². The molecular formula is C38H40N2O10. The first-order valence-electron chi connectivity index (χ1n) is 15.6. The summed E-state index contributed by atoms with van der Waals surface area (Å²) in [5, 5.41) is 5.62. The summed E-state index contributed by atoms with van der Waals surface area (Å²) < 4.78 is 34.0. The van der Waals surface area contributed by atoms with E-state index in [1.54, 1.807) is 12.1 Å². The van der Waals surface area contributed by atoms with Gasteiger partial charge in [-0.15, -0.1) is 0 Å². The molecule has 12 nitrogen and oxygen atoms in total. The van der Waals surface area contributed by atoms with Gasteiger partial charge in [0, 0.05) is 37.1 Å². The summed E-state index contributed by atoms with van der Waals surface area (Å²) in [6.45, 7) is 2.33. The van der Waals surface area contributed by atoms with E-state index in [-0.39, 0.29) is 70.3 Å². The Balaban J connectivity index is 1.81. The number of hydrogen-bond acceptors (Lipinski definition) is 10. The van der Waals surface area contributed by atoms with Gasteiger partial charge in [-0.2, -0.15) is 0 Å². The van der Waals surface area contributed by atoms with Crippen LogP contribution in [0.25, 0.3) is 11.1 Å². The molecule has 0 spiro atoms. The Morgan fingerprint density at radius 3 is 1.20 bits per heavy atom. The fraction of sp³-hybridized carbons (Fsp3) is 0.263. The van der Waals surface area contributed by atoms with Crippen LogP contribution in [0.1, 0.15) is 57.8 Å². The van der Waals surface area contributed by atoms with Crippen molar-refractivity contribution in [2.24, 2.45) is 0 Å². The lowest BCUT2D eigenvalue weighted by atomic mass is 9.92. The second-order valence-corrected chi connectivity index (χ2v) is 11.0. The van der Waals surface area contributed by atoms with E-state index in [4.69, 9.17) is 28.4 Å². The van der Waals surface area contributed by atoms with Gasteiger partial charge in [0.05, 0.1) is 51.6 Å². The van der Waals surface area contributed by atoms with Gasteiger partial charge in [-0.25, -0.2) is 9.59 Å². The van der Waals surface area contributed by atoms with E-state index in [1.807, 2.05) is 60.7 Å². The van der Waals surface area contributed by atoms with Crippen LogP contribution in [0, 0.1) is 0 Å². The number of ether oxygens (including phenoxy) is 6. The van der Waals surface area contributed by atoms with Crippen LogP contribution in [0.5, 0.6) is 23.0 Å². The first-order valence-corrected chi connectivity index (χ1v) is 15.6. The Morgan fingerprint density at radius 1 is 0.540 bits per heavy atom. The van der Waals surface area contributed by atoms with Gasteiger partial charge in [0.2, 0.25) is 11.8 Å². The fourth-order valence-corrected chi connectivity index (χ4v) is 5.35. The van der Waals surface area contributed by atoms with Gasteiger partial charge in [-0.1, -0.05) is 60.7 Å². The molecule has 0 fully saturated rings. The zero-order chi connectivity index (χ0) is 36.2. The van der Waals surface area contributed by atoms with Crippen LogP contribution >= 0.6 is 0 Å². The van der Waals surface area contributed by atoms with Crippen molar-refractivity contribution in [3.05, 3.63) is 107 Å². The van der Waals surface area contributed by atoms with Crippen LogP contribution in [0.15, 0.2) is 84.9 Å². The summed E-state index contributed by atoms with van der Waals surface area (Å²) in [5.74, 6) is -1.33. The summed E-state index contributed by atoms with van der Waals surface area (Å²) in [4.78, 5) is 52.1. The van der Waals surface area contributed by atoms with Gasteiger partial charge in [0.15, 0.2) is 0 Å². The third-order valence-corrected chi connectivity index (χ3v) is 7.67. The molecule has 0 saturated carbocycles. The second kappa shape index (κ2) is 17.4. The molecule has 2 atom stereocenters. The van der Waals surface area contributed by atoms with Crippen LogP contribution in [0.4, 0.5) is 0 Å². The van der Waals surface area contributed by atoms with Crippen molar-refractivity contribution in [2.75, 3.05) is 41.7 Å². The Hall–Kier alpha value is -6.04. The van der Waals surface area contributed by atoms with Crippen LogP contribution in [0.2, 0.25) is 0 Å². The van der Waals surface area contributed by atoms with Crippen molar-refractivity contribution < 1.29 is 47.6 Å². The van der Waals surface area contributed by atoms with Crippen LogP contribution in [-0.2, 0) is 19.1 Å². The van der Waals surface area contributed by atoms with Gasteiger partial charge < -0.3 is 39.1 Å². The normalized spacial score (nSPS) is 11.7. The molecule has 0 aromatic heterocycles. The molecule has 0 aliphatic carbocycles. The Kier molecular flexibility index (Phi) is 12.8.